The van der Waals surface area contributed by atoms with E-state index < -0.39 is 0 Å². The van der Waals surface area contributed by atoms with E-state index in [1.54, 1.807) is 0 Å². The molecule has 20 heavy (non-hydrogen) atoms. The first kappa shape index (κ1) is 16.5. The summed E-state index contributed by atoms with van der Waals surface area (Å²) in [6, 6.07) is 3.70. The summed E-state index contributed by atoms with van der Waals surface area (Å²) in [6.07, 6.45) is 0.890. The fourth-order valence-corrected chi connectivity index (χ4v) is 1.72. The van der Waals surface area contributed by atoms with Crippen LogP contribution < -0.4 is 10.6 Å². The molecule has 0 radical (unpaired) electrons. The summed E-state index contributed by atoms with van der Waals surface area (Å²) in [7, 11) is 0. The zero-order valence-electron chi connectivity index (χ0n) is 13.5. The van der Waals surface area contributed by atoms with Gasteiger partial charge in [0.15, 0.2) is 0 Å². The Morgan fingerprint density at radius 2 is 1.95 bits per heavy atom. The summed E-state index contributed by atoms with van der Waals surface area (Å²) in [5.74, 6) is 1.01. The molecule has 0 spiro atoms. The highest BCUT2D eigenvalue weighted by atomic mass is 16.1. The number of amides is 1. The molecule has 0 bridgehead atoms. The van der Waals surface area contributed by atoms with Crippen molar-refractivity contribution >= 4 is 11.7 Å². The summed E-state index contributed by atoms with van der Waals surface area (Å²) >= 11 is 0. The monoisotopic (exact) mass is 277 g/mol. The molecule has 1 rings (SSSR count). The minimum atomic E-state index is -0.198. The molecule has 0 aliphatic rings. The average molecular weight is 277 g/mol. The van der Waals surface area contributed by atoms with Gasteiger partial charge >= 0.3 is 0 Å². The third-order valence-corrected chi connectivity index (χ3v) is 3.39. The third kappa shape index (κ3) is 4.51. The molecular weight excluding hydrogens is 250 g/mol. The molecule has 0 unspecified atom stereocenters. The Balaban J connectivity index is 3.06. The first-order valence-electron chi connectivity index (χ1n) is 7.37. The number of anilines is 1. The molecule has 1 aromatic heterocycles. The van der Waals surface area contributed by atoms with E-state index in [1.165, 1.54) is 0 Å². The summed E-state index contributed by atoms with van der Waals surface area (Å²) in [5.41, 5.74) is 1.40. The standard InChI is InChI=1S/C16H27N3O/c1-7-16(5,6)19-15(20)12-9-13(11(3)4)18-14(10-12)17-8-2/h9-11H,7-8H2,1-6H3,(H,17,18)(H,19,20). The van der Waals surface area contributed by atoms with Gasteiger partial charge in [0.05, 0.1) is 0 Å². The van der Waals surface area contributed by atoms with Crippen molar-refractivity contribution in [2.75, 3.05) is 11.9 Å². The summed E-state index contributed by atoms with van der Waals surface area (Å²) in [6.45, 7) is 13.1. The molecule has 0 aliphatic carbocycles. The van der Waals surface area contributed by atoms with E-state index in [2.05, 4.69) is 36.4 Å². The molecule has 4 heteroatoms. The maximum Gasteiger partial charge on any atom is 0.251 e. The smallest absolute Gasteiger partial charge is 0.251 e. The minimum Gasteiger partial charge on any atom is -0.370 e. The van der Waals surface area contributed by atoms with E-state index in [9.17, 15) is 4.79 Å². The van der Waals surface area contributed by atoms with Crippen molar-refractivity contribution in [1.29, 1.82) is 0 Å². The van der Waals surface area contributed by atoms with Crippen LogP contribution in [0.1, 0.15) is 69.9 Å². The second kappa shape index (κ2) is 6.73. The van der Waals surface area contributed by atoms with E-state index in [-0.39, 0.29) is 11.4 Å². The fourth-order valence-electron chi connectivity index (χ4n) is 1.72. The van der Waals surface area contributed by atoms with Gasteiger partial charge in [0.2, 0.25) is 0 Å². The number of nitrogens with zero attached hydrogens (tertiary/aromatic N) is 1. The SMILES string of the molecule is CCNc1cc(C(=O)NC(C)(C)CC)cc(C(C)C)n1. The van der Waals surface area contributed by atoms with E-state index in [4.69, 9.17) is 0 Å². The van der Waals surface area contributed by atoms with Crippen LogP contribution in [0.25, 0.3) is 0 Å². The maximum absolute atomic E-state index is 12.4. The average Bonchev–Trinajstić information content (AvgIpc) is 2.38. The Bertz CT molecular complexity index is 467. The van der Waals surface area contributed by atoms with Crippen molar-refractivity contribution < 1.29 is 4.79 Å². The van der Waals surface area contributed by atoms with Crippen molar-refractivity contribution in [2.45, 2.75) is 59.4 Å². The molecule has 1 aromatic rings. The zero-order valence-corrected chi connectivity index (χ0v) is 13.5. The molecule has 0 atom stereocenters. The van der Waals surface area contributed by atoms with Gasteiger partial charge in [-0.2, -0.15) is 0 Å². The Morgan fingerprint density at radius 3 is 2.45 bits per heavy atom. The van der Waals surface area contributed by atoms with Crippen LogP contribution in [0.3, 0.4) is 0 Å². The highest BCUT2D eigenvalue weighted by Gasteiger charge is 2.20. The number of carbonyl (C=O) groups excluding carboxylic acids is 1. The van der Waals surface area contributed by atoms with Gasteiger partial charge in [0.1, 0.15) is 5.82 Å². The lowest BCUT2D eigenvalue weighted by atomic mass is 10.0. The lowest BCUT2D eigenvalue weighted by Crippen LogP contribution is -2.42. The van der Waals surface area contributed by atoms with E-state index in [1.807, 2.05) is 32.9 Å². The second-order valence-electron chi connectivity index (χ2n) is 6.04. The molecule has 0 saturated heterocycles. The van der Waals surface area contributed by atoms with Crippen LogP contribution in [-0.2, 0) is 0 Å². The lowest BCUT2D eigenvalue weighted by molar-refractivity contribution is 0.0911. The van der Waals surface area contributed by atoms with E-state index in [0.29, 0.717) is 11.5 Å². The van der Waals surface area contributed by atoms with Gasteiger partial charge in [-0.05, 0) is 45.2 Å². The van der Waals surface area contributed by atoms with Crippen LogP contribution >= 0.6 is 0 Å². The van der Waals surface area contributed by atoms with Gasteiger partial charge in [0.25, 0.3) is 5.91 Å². The van der Waals surface area contributed by atoms with E-state index in [0.717, 1.165) is 24.5 Å². The fraction of sp³-hybridized carbons (Fsp3) is 0.625. The second-order valence-corrected chi connectivity index (χ2v) is 6.04. The van der Waals surface area contributed by atoms with Crippen molar-refractivity contribution in [2.24, 2.45) is 0 Å². The molecule has 1 amide bonds. The molecule has 1 heterocycles. The van der Waals surface area contributed by atoms with E-state index >= 15 is 0 Å². The molecule has 0 saturated carbocycles. The largest absolute Gasteiger partial charge is 0.370 e. The van der Waals surface area contributed by atoms with Crippen LogP contribution in [0.4, 0.5) is 5.82 Å². The summed E-state index contributed by atoms with van der Waals surface area (Å²) in [5, 5.41) is 6.25. The number of rotatable bonds is 6. The van der Waals surface area contributed by atoms with Gasteiger partial charge in [-0.25, -0.2) is 4.98 Å². The number of carbonyl (C=O) groups is 1. The molecular formula is C16H27N3O. The van der Waals surface area contributed by atoms with Crippen LogP contribution in [0.15, 0.2) is 12.1 Å². The zero-order chi connectivity index (χ0) is 15.3. The maximum atomic E-state index is 12.4. The minimum absolute atomic E-state index is 0.0414. The Hall–Kier alpha value is -1.58. The number of hydrogen-bond acceptors (Lipinski definition) is 3. The van der Waals surface area contributed by atoms with Crippen molar-refractivity contribution in [3.63, 3.8) is 0 Å². The van der Waals surface area contributed by atoms with Crippen LogP contribution in [0.5, 0.6) is 0 Å². The van der Waals surface area contributed by atoms with Crippen molar-refractivity contribution in [3.05, 3.63) is 23.4 Å². The molecule has 112 valence electrons. The van der Waals surface area contributed by atoms with Gasteiger partial charge < -0.3 is 10.6 Å². The first-order valence-corrected chi connectivity index (χ1v) is 7.37. The summed E-state index contributed by atoms with van der Waals surface area (Å²) in [4.78, 5) is 16.9. The van der Waals surface area contributed by atoms with Gasteiger partial charge in [-0.1, -0.05) is 20.8 Å². The number of aromatic nitrogens is 1. The normalized spacial score (nSPS) is 11.6. The molecule has 2 N–H and O–H groups in total. The quantitative estimate of drug-likeness (QED) is 0.836. The Labute approximate surface area is 122 Å². The van der Waals surface area contributed by atoms with Gasteiger partial charge in [-0.15, -0.1) is 0 Å². The third-order valence-electron chi connectivity index (χ3n) is 3.39. The van der Waals surface area contributed by atoms with Crippen molar-refractivity contribution in [1.82, 2.24) is 10.3 Å². The molecule has 4 nitrogen and oxygen atoms in total. The van der Waals surface area contributed by atoms with Crippen molar-refractivity contribution in [3.8, 4) is 0 Å². The molecule has 0 fully saturated rings. The predicted octanol–water partition coefficient (Wildman–Crippen LogP) is 3.56. The first-order chi connectivity index (χ1) is 9.29. The van der Waals surface area contributed by atoms with Crippen LogP contribution in [-0.4, -0.2) is 23.0 Å². The molecule has 0 aliphatic heterocycles. The number of nitrogens with one attached hydrogen (secondary N) is 2. The van der Waals surface area contributed by atoms with Crippen LogP contribution in [0.2, 0.25) is 0 Å². The lowest BCUT2D eigenvalue weighted by Gasteiger charge is -2.24. The summed E-state index contributed by atoms with van der Waals surface area (Å²) < 4.78 is 0. The van der Waals surface area contributed by atoms with Gasteiger partial charge in [0, 0.05) is 23.3 Å². The Kier molecular flexibility index (Phi) is 5.54. The van der Waals surface area contributed by atoms with Crippen LogP contribution in [0, 0.1) is 0 Å². The predicted molar refractivity (Wildman–Crippen MR) is 84.3 cm³/mol. The highest BCUT2D eigenvalue weighted by molar-refractivity contribution is 5.95. The number of hydrogen-bond donors (Lipinski definition) is 2. The topological polar surface area (TPSA) is 54.0 Å². The Morgan fingerprint density at radius 1 is 1.30 bits per heavy atom. The molecule has 0 aromatic carbocycles. The highest BCUT2D eigenvalue weighted by Crippen LogP contribution is 2.18. The van der Waals surface area contributed by atoms with Gasteiger partial charge in [-0.3, -0.25) is 4.79 Å². The number of pyridine rings is 1.